The molecule has 200 valence electrons. The van der Waals surface area contributed by atoms with Gasteiger partial charge in [-0.05, 0) is 78.9 Å². The number of aryl methyl sites for hydroxylation is 2. The Balaban J connectivity index is 1.37. The molecule has 0 saturated carbocycles. The van der Waals surface area contributed by atoms with Crippen LogP contribution in [0, 0.1) is 13.8 Å². The average molecular weight is 555 g/mol. The fourth-order valence-corrected chi connectivity index (χ4v) is 6.34. The topological polar surface area (TPSA) is 45.0 Å². The van der Waals surface area contributed by atoms with Crippen LogP contribution in [0.15, 0.2) is 128 Å². The highest BCUT2D eigenvalue weighted by Gasteiger charge is 2.22. The fourth-order valence-electron chi connectivity index (χ4n) is 5.35. The van der Waals surface area contributed by atoms with Crippen molar-refractivity contribution < 1.29 is 13.6 Å². The Morgan fingerprint density at radius 1 is 0.561 bits per heavy atom. The monoisotopic (exact) mass is 554 g/mol. The molecule has 7 rings (SSSR count). The summed E-state index contributed by atoms with van der Waals surface area (Å²) in [5, 5.41) is 3.25. The summed E-state index contributed by atoms with van der Waals surface area (Å²) in [4.78, 5) is 4.96. The maximum Gasteiger partial charge on any atom is 0.530 e. The van der Waals surface area contributed by atoms with Crippen LogP contribution in [-0.4, -0.2) is 9.38 Å². The van der Waals surface area contributed by atoms with Crippen molar-refractivity contribution in [3.63, 3.8) is 0 Å². The van der Waals surface area contributed by atoms with Gasteiger partial charge in [-0.25, -0.2) is 4.98 Å². The van der Waals surface area contributed by atoms with Gasteiger partial charge < -0.3 is 13.6 Å². The summed E-state index contributed by atoms with van der Waals surface area (Å²) in [7, 11) is -1.79. The van der Waals surface area contributed by atoms with Gasteiger partial charge in [0.2, 0.25) is 0 Å². The molecule has 0 aliphatic heterocycles. The second kappa shape index (κ2) is 10.6. The fraction of sp³-hybridized carbons (Fsp3) is 0.0571. The highest BCUT2D eigenvalue weighted by atomic mass is 31.2. The van der Waals surface area contributed by atoms with Crippen molar-refractivity contribution in [2.75, 3.05) is 0 Å². The number of hydrogen-bond donors (Lipinski definition) is 0. The molecular formula is C35H27N2O3P. The maximum absolute atomic E-state index is 6.40. The molecule has 5 aromatic carbocycles. The van der Waals surface area contributed by atoms with Crippen molar-refractivity contribution >= 4 is 35.9 Å². The number of para-hydroxylation sites is 3. The van der Waals surface area contributed by atoms with Crippen molar-refractivity contribution in [2.24, 2.45) is 0 Å². The average Bonchev–Trinajstić information content (AvgIpc) is 3.43. The number of pyridine rings is 1. The molecule has 0 aliphatic carbocycles. The van der Waals surface area contributed by atoms with Gasteiger partial charge in [-0.15, -0.1) is 0 Å². The highest BCUT2D eigenvalue weighted by Crippen LogP contribution is 2.44. The second-order valence-electron chi connectivity index (χ2n) is 9.92. The van der Waals surface area contributed by atoms with Crippen molar-refractivity contribution in [3.05, 3.63) is 139 Å². The van der Waals surface area contributed by atoms with E-state index in [9.17, 15) is 0 Å². The molecule has 2 aromatic heterocycles. The lowest BCUT2D eigenvalue weighted by molar-refractivity contribution is 0.388. The van der Waals surface area contributed by atoms with E-state index in [2.05, 4.69) is 66.8 Å². The lowest BCUT2D eigenvalue weighted by Gasteiger charge is -2.18. The maximum atomic E-state index is 6.40. The summed E-state index contributed by atoms with van der Waals surface area (Å²) in [6, 6.07) is 40.2. The number of benzene rings is 5. The summed E-state index contributed by atoms with van der Waals surface area (Å²) in [6.07, 6.45) is 1.98. The molecule has 0 amide bonds. The minimum Gasteiger partial charge on any atom is -0.409 e. The van der Waals surface area contributed by atoms with Gasteiger partial charge in [-0.3, -0.25) is 4.40 Å². The highest BCUT2D eigenvalue weighted by molar-refractivity contribution is 7.43. The van der Waals surface area contributed by atoms with Crippen molar-refractivity contribution in [2.45, 2.75) is 13.8 Å². The molecule has 7 aromatic rings. The zero-order chi connectivity index (χ0) is 27.8. The second-order valence-corrected chi connectivity index (χ2v) is 10.9. The van der Waals surface area contributed by atoms with Crippen LogP contribution in [0.25, 0.3) is 38.6 Å². The van der Waals surface area contributed by atoms with Gasteiger partial charge >= 0.3 is 8.60 Å². The molecule has 0 bridgehead atoms. The first-order valence-corrected chi connectivity index (χ1v) is 14.6. The summed E-state index contributed by atoms with van der Waals surface area (Å²) in [5.74, 6) is 2.00. The van der Waals surface area contributed by atoms with Gasteiger partial charge in [0.15, 0.2) is 0 Å². The Hall–Kier alpha value is -4.86. The molecule has 0 fully saturated rings. The minimum atomic E-state index is -1.79. The molecule has 0 saturated heterocycles. The Kier molecular flexibility index (Phi) is 6.50. The smallest absolute Gasteiger partial charge is 0.409 e. The van der Waals surface area contributed by atoms with E-state index >= 15 is 0 Å². The van der Waals surface area contributed by atoms with Crippen molar-refractivity contribution in [1.82, 2.24) is 9.38 Å². The minimum absolute atomic E-state index is 0.643. The van der Waals surface area contributed by atoms with E-state index in [1.807, 2.05) is 79.0 Å². The summed E-state index contributed by atoms with van der Waals surface area (Å²) in [5.41, 5.74) is 6.69. The third-order valence-corrected chi connectivity index (χ3v) is 8.27. The summed E-state index contributed by atoms with van der Waals surface area (Å²) >= 11 is 0. The standard InChI is InChI=1S/C35H27N2O3P/c1-24-12-11-13-25(2)34(24)33-23-36-35-31-22-28(20-21-29(31)30-18-9-10-19-32(30)37(33)35)40-41(38-26-14-5-3-6-15-26)39-27-16-7-4-8-17-27/h3-23H,1-2H3. The first-order valence-electron chi connectivity index (χ1n) is 13.5. The molecule has 0 aliphatic rings. The number of fused-ring (bicyclic) bond motifs is 6. The van der Waals surface area contributed by atoms with Gasteiger partial charge in [0, 0.05) is 16.3 Å². The third-order valence-electron chi connectivity index (χ3n) is 7.19. The Bertz CT molecular complexity index is 1940. The van der Waals surface area contributed by atoms with E-state index in [-0.39, 0.29) is 0 Å². The summed E-state index contributed by atoms with van der Waals surface area (Å²) in [6.45, 7) is 4.30. The van der Waals surface area contributed by atoms with E-state index < -0.39 is 8.60 Å². The van der Waals surface area contributed by atoms with Crippen LogP contribution in [0.5, 0.6) is 17.2 Å². The molecule has 6 heteroatoms. The Morgan fingerprint density at radius 3 is 1.85 bits per heavy atom. The predicted molar refractivity (Wildman–Crippen MR) is 167 cm³/mol. The molecule has 41 heavy (non-hydrogen) atoms. The normalized spacial score (nSPS) is 11.4. The molecule has 0 spiro atoms. The van der Waals surface area contributed by atoms with Crippen molar-refractivity contribution in [3.8, 4) is 28.5 Å². The zero-order valence-corrected chi connectivity index (χ0v) is 23.6. The van der Waals surface area contributed by atoms with E-state index in [0.29, 0.717) is 17.2 Å². The number of imidazole rings is 1. The van der Waals surface area contributed by atoms with E-state index in [0.717, 1.165) is 33.0 Å². The van der Waals surface area contributed by atoms with Crippen molar-refractivity contribution in [1.29, 1.82) is 0 Å². The lowest BCUT2D eigenvalue weighted by atomic mass is 10.00. The number of rotatable bonds is 7. The zero-order valence-electron chi connectivity index (χ0n) is 22.7. The molecule has 0 unspecified atom stereocenters. The van der Waals surface area contributed by atoms with E-state index in [1.165, 1.54) is 16.7 Å². The molecular weight excluding hydrogens is 527 g/mol. The third kappa shape index (κ3) is 4.75. The number of hydrogen-bond acceptors (Lipinski definition) is 4. The van der Waals surface area contributed by atoms with Gasteiger partial charge in [0.25, 0.3) is 0 Å². The largest absolute Gasteiger partial charge is 0.530 e. The molecule has 5 nitrogen and oxygen atoms in total. The lowest BCUT2D eigenvalue weighted by Crippen LogP contribution is -2.02. The molecule has 0 N–H and O–H groups in total. The first kappa shape index (κ1) is 25.1. The summed E-state index contributed by atoms with van der Waals surface area (Å²) < 4.78 is 21.0. The van der Waals surface area contributed by atoms with E-state index in [1.54, 1.807) is 0 Å². The first-order chi connectivity index (χ1) is 20.2. The van der Waals surface area contributed by atoms with Gasteiger partial charge in [-0.1, -0.05) is 72.8 Å². The van der Waals surface area contributed by atoms with Crippen LogP contribution in [-0.2, 0) is 0 Å². The number of aromatic nitrogens is 2. The SMILES string of the molecule is Cc1cccc(C)c1-c1cnc2c3cc(OP(Oc4ccccc4)Oc4ccccc4)ccc3c3ccccc3n12. The van der Waals surface area contributed by atoms with Crippen LogP contribution in [0.1, 0.15) is 11.1 Å². The van der Waals surface area contributed by atoms with Crippen LogP contribution >= 0.6 is 8.60 Å². The quantitative estimate of drug-likeness (QED) is 0.145. The van der Waals surface area contributed by atoms with Crippen LogP contribution in [0.4, 0.5) is 0 Å². The Labute approximate surface area is 239 Å². The van der Waals surface area contributed by atoms with Gasteiger partial charge in [-0.2, -0.15) is 0 Å². The van der Waals surface area contributed by atoms with Crippen LogP contribution < -0.4 is 13.6 Å². The predicted octanol–water partition coefficient (Wildman–Crippen LogP) is 9.69. The molecule has 0 atom stereocenters. The number of nitrogens with zero attached hydrogens (tertiary/aromatic N) is 2. The van der Waals surface area contributed by atoms with E-state index in [4.69, 9.17) is 18.6 Å². The van der Waals surface area contributed by atoms with Crippen LogP contribution in [0.2, 0.25) is 0 Å². The molecule has 0 radical (unpaired) electrons. The van der Waals surface area contributed by atoms with Gasteiger partial charge in [0.1, 0.15) is 22.9 Å². The molecule has 2 heterocycles. The Morgan fingerprint density at radius 2 is 1.17 bits per heavy atom. The van der Waals surface area contributed by atoms with Crippen LogP contribution in [0.3, 0.4) is 0 Å². The van der Waals surface area contributed by atoms with Gasteiger partial charge in [0.05, 0.1) is 17.4 Å².